The molecular weight excluding hydrogens is 250 g/mol. The van der Waals surface area contributed by atoms with Crippen molar-refractivity contribution in [1.82, 2.24) is 0 Å². The number of carbonyl (C=O) groups excluding carboxylic acids is 1. The van der Waals surface area contributed by atoms with Crippen LogP contribution in [0.3, 0.4) is 0 Å². The van der Waals surface area contributed by atoms with Crippen LogP contribution in [0, 0.1) is 0 Å². The Kier molecular flexibility index (Phi) is 5.75. The fraction of sp³-hybridized carbons (Fsp3) is 0.462. The van der Waals surface area contributed by atoms with Crippen molar-refractivity contribution in [1.29, 1.82) is 0 Å². The van der Waals surface area contributed by atoms with Crippen molar-refractivity contribution in [3.8, 4) is 0 Å². The Morgan fingerprint density at radius 1 is 1.42 bits per heavy atom. The van der Waals surface area contributed by atoms with Gasteiger partial charge in [-0.25, -0.2) is 4.79 Å². The molecule has 0 fully saturated rings. The van der Waals surface area contributed by atoms with E-state index in [0.29, 0.717) is 0 Å². The number of carbonyl (C=O) groups is 1. The molecule has 2 atom stereocenters. The molecule has 1 aromatic carbocycles. The minimum Gasteiger partial charge on any atom is -0.462 e. The van der Waals surface area contributed by atoms with E-state index in [1.165, 1.54) is 18.2 Å². The first-order valence-electron chi connectivity index (χ1n) is 6.04. The van der Waals surface area contributed by atoms with Crippen LogP contribution in [-0.4, -0.2) is 40.6 Å². The molecule has 6 nitrogen and oxygen atoms in total. The van der Waals surface area contributed by atoms with Gasteiger partial charge in [0.25, 0.3) is 0 Å². The van der Waals surface area contributed by atoms with Gasteiger partial charge < -0.3 is 25.8 Å². The van der Waals surface area contributed by atoms with Crippen molar-refractivity contribution in [2.75, 3.05) is 18.9 Å². The van der Waals surface area contributed by atoms with Crippen LogP contribution in [0.1, 0.15) is 35.4 Å². The lowest BCUT2D eigenvalue weighted by Gasteiger charge is -2.19. The quantitative estimate of drug-likeness (QED) is 0.434. The van der Waals surface area contributed by atoms with Crippen molar-refractivity contribution in [2.24, 2.45) is 0 Å². The molecule has 1 aromatic rings. The third-order valence-corrected chi connectivity index (χ3v) is 2.71. The van der Waals surface area contributed by atoms with Gasteiger partial charge in [-0.15, -0.1) is 0 Å². The smallest absolute Gasteiger partial charge is 0.338 e. The Labute approximate surface area is 111 Å². The van der Waals surface area contributed by atoms with Gasteiger partial charge in [-0.05, 0) is 31.5 Å². The van der Waals surface area contributed by atoms with E-state index in [1.54, 1.807) is 6.92 Å². The Morgan fingerprint density at radius 3 is 2.68 bits per heavy atom. The Balaban J connectivity index is 2.99. The molecule has 106 valence electrons. The van der Waals surface area contributed by atoms with Gasteiger partial charge in [0, 0.05) is 17.9 Å². The summed E-state index contributed by atoms with van der Waals surface area (Å²) in [6.45, 7) is 1.68. The number of aliphatic hydroxyl groups excluding tert-OH is 3. The SMILES string of the molecule is CCOC(=O)c1ccc(N)c(C(O)C(O)CCO)c1. The third kappa shape index (κ3) is 3.92. The zero-order chi connectivity index (χ0) is 14.4. The van der Waals surface area contributed by atoms with Crippen molar-refractivity contribution >= 4 is 11.7 Å². The Bertz CT molecular complexity index is 435. The maximum Gasteiger partial charge on any atom is 0.338 e. The summed E-state index contributed by atoms with van der Waals surface area (Å²) in [5, 5.41) is 28.3. The number of hydrogen-bond acceptors (Lipinski definition) is 6. The highest BCUT2D eigenvalue weighted by Crippen LogP contribution is 2.26. The van der Waals surface area contributed by atoms with Crippen LogP contribution in [0.4, 0.5) is 5.69 Å². The topological polar surface area (TPSA) is 113 Å². The first kappa shape index (κ1) is 15.4. The number of rotatable bonds is 6. The average Bonchev–Trinajstić information content (AvgIpc) is 2.39. The van der Waals surface area contributed by atoms with Crippen molar-refractivity contribution in [3.05, 3.63) is 29.3 Å². The molecule has 0 aliphatic heterocycles. The lowest BCUT2D eigenvalue weighted by molar-refractivity contribution is 0.00451. The molecule has 0 amide bonds. The largest absolute Gasteiger partial charge is 0.462 e. The van der Waals surface area contributed by atoms with E-state index in [-0.39, 0.29) is 36.4 Å². The molecule has 0 heterocycles. The molecule has 0 bridgehead atoms. The minimum absolute atomic E-state index is 0.0181. The highest BCUT2D eigenvalue weighted by atomic mass is 16.5. The summed E-state index contributed by atoms with van der Waals surface area (Å²) in [5.74, 6) is -0.521. The number of hydrogen-bond donors (Lipinski definition) is 4. The molecule has 0 saturated carbocycles. The number of benzene rings is 1. The molecule has 0 aliphatic rings. The van der Waals surface area contributed by atoms with Gasteiger partial charge in [0.15, 0.2) is 0 Å². The summed E-state index contributed by atoms with van der Waals surface area (Å²) in [6.07, 6.45) is -2.39. The molecule has 1 rings (SSSR count). The number of ether oxygens (including phenoxy) is 1. The van der Waals surface area contributed by atoms with Crippen LogP contribution in [-0.2, 0) is 4.74 Å². The van der Waals surface area contributed by atoms with Crippen LogP contribution < -0.4 is 5.73 Å². The zero-order valence-corrected chi connectivity index (χ0v) is 10.7. The van der Waals surface area contributed by atoms with E-state index < -0.39 is 18.2 Å². The second-order valence-electron chi connectivity index (χ2n) is 4.09. The zero-order valence-electron chi connectivity index (χ0n) is 10.7. The molecular formula is C13H19NO5. The number of nitrogens with two attached hydrogens (primary N) is 1. The molecule has 0 saturated heterocycles. The summed E-state index contributed by atoms with van der Waals surface area (Å²) in [4.78, 5) is 11.6. The van der Waals surface area contributed by atoms with E-state index in [4.69, 9.17) is 15.6 Å². The van der Waals surface area contributed by atoms with Gasteiger partial charge in [-0.3, -0.25) is 0 Å². The van der Waals surface area contributed by atoms with Crippen molar-refractivity contribution in [2.45, 2.75) is 25.6 Å². The molecule has 19 heavy (non-hydrogen) atoms. The number of aliphatic hydroxyl groups is 3. The first-order chi connectivity index (χ1) is 9.01. The van der Waals surface area contributed by atoms with Gasteiger partial charge in [0.2, 0.25) is 0 Å². The fourth-order valence-electron chi connectivity index (χ4n) is 1.67. The monoisotopic (exact) mass is 269 g/mol. The molecule has 0 radical (unpaired) electrons. The van der Waals surface area contributed by atoms with Gasteiger partial charge in [-0.2, -0.15) is 0 Å². The molecule has 6 heteroatoms. The number of anilines is 1. The van der Waals surface area contributed by atoms with Crippen LogP contribution in [0.2, 0.25) is 0 Å². The normalized spacial score (nSPS) is 13.9. The predicted molar refractivity (Wildman–Crippen MR) is 69.5 cm³/mol. The Morgan fingerprint density at radius 2 is 2.11 bits per heavy atom. The molecule has 0 aromatic heterocycles. The van der Waals surface area contributed by atoms with Crippen LogP contribution >= 0.6 is 0 Å². The summed E-state index contributed by atoms with van der Waals surface area (Å²) < 4.78 is 4.85. The second kappa shape index (κ2) is 7.08. The molecule has 5 N–H and O–H groups in total. The van der Waals surface area contributed by atoms with Gasteiger partial charge in [-0.1, -0.05) is 0 Å². The van der Waals surface area contributed by atoms with E-state index in [0.717, 1.165) is 0 Å². The molecule has 2 unspecified atom stereocenters. The number of esters is 1. The highest BCUT2D eigenvalue weighted by Gasteiger charge is 2.21. The van der Waals surface area contributed by atoms with Gasteiger partial charge >= 0.3 is 5.97 Å². The molecule has 0 aliphatic carbocycles. The van der Waals surface area contributed by atoms with Crippen LogP contribution in [0.5, 0.6) is 0 Å². The summed E-state index contributed by atoms with van der Waals surface area (Å²) in [7, 11) is 0. The fourth-order valence-corrected chi connectivity index (χ4v) is 1.67. The maximum absolute atomic E-state index is 11.6. The van der Waals surface area contributed by atoms with E-state index in [2.05, 4.69) is 0 Å². The lowest BCUT2D eigenvalue weighted by Crippen LogP contribution is -2.21. The van der Waals surface area contributed by atoms with E-state index in [1.807, 2.05) is 0 Å². The second-order valence-corrected chi connectivity index (χ2v) is 4.09. The highest BCUT2D eigenvalue weighted by molar-refractivity contribution is 5.90. The van der Waals surface area contributed by atoms with Crippen molar-refractivity contribution < 1.29 is 24.9 Å². The van der Waals surface area contributed by atoms with Crippen molar-refractivity contribution in [3.63, 3.8) is 0 Å². The van der Waals surface area contributed by atoms with E-state index in [9.17, 15) is 15.0 Å². The summed E-state index contributed by atoms with van der Waals surface area (Å²) >= 11 is 0. The third-order valence-electron chi connectivity index (χ3n) is 2.71. The molecule has 0 spiro atoms. The van der Waals surface area contributed by atoms with E-state index >= 15 is 0 Å². The first-order valence-corrected chi connectivity index (χ1v) is 6.04. The van der Waals surface area contributed by atoms with Crippen LogP contribution in [0.15, 0.2) is 18.2 Å². The summed E-state index contributed by atoms with van der Waals surface area (Å²) in [5.41, 5.74) is 6.47. The van der Waals surface area contributed by atoms with Gasteiger partial charge in [0.1, 0.15) is 6.10 Å². The standard InChI is InChI=1S/C13H19NO5/c1-2-19-13(18)8-3-4-10(14)9(7-8)12(17)11(16)5-6-15/h3-4,7,11-12,15-17H,2,5-6,14H2,1H3. The Hall–Kier alpha value is -1.63. The predicted octanol–water partition coefficient (Wildman–Crippen LogP) is 0.222. The average molecular weight is 269 g/mol. The lowest BCUT2D eigenvalue weighted by atomic mass is 9.98. The summed E-state index contributed by atoms with van der Waals surface area (Å²) in [6, 6.07) is 4.34. The maximum atomic E-state index is 11.6. The minimum atomic E-state index is -1.26. The van der Waals surface area contributed by atoms with Crippen LogP contribution in [0.25, 0.3) is 0 Å². The van der Waals surface area contributed by atoms with Gasteiger partial charge in [0.05, 0.1) is 18.3 Å². The number of nitrogen functional groups attached to an aromatic ring is 1.